The summed E-state index contributed by atoms with van der Waals surface area (Å²) in [6.45, 7) is 0. The second-order valence-electron chi connectivity index (χ2n) is 4.81. The van der Waals surface area contributed by atoms with Gasteiger partial charge in [0.05, 0.1) is 11.4 Å². The Morgan fingerprint density at radius 2 is 2.21 bits per heavy atom. The Morgan fingerprint density at radius 3 is 2.95 bits per heavy atom. The van der Waals surface area contributed by atoms with Crippen molar-refractivity contribution < 1.29 is 9.59 Å². The van der Waals surface area contributed by atoms with Crippen LogP contribution in [0.4, 0.5) is 5.69 Å². The summed E-state index contributed by atoms with van der Waals surface area (Å²) in [6.07, 6.45) is 2.70. The molecule has 1 aromatic carbocycles. The Labute approximate surface area is 109 Å². The van der Waals surface area contributed by atoms with Crippen LogP contribution in [0.25, 0.3) is 10.9 Å². The molecule has 3 N–H and O–H groups in total. The van der Waals surface area contributed by atoms with E-state index in [0.717, 1.165) is 16.5 Å². The van der Waals surface area contributed by atoms with Crippen LogP contribution in [0.15, 0.2) is 18.3 Å². The predicted octanol–water partition coefficient (Wildman–Crippen LogP) is 0.676. The van der Waals surface area contributed by atoms with Crippen molar-refractivity contribution in [3.63, 3.8) is 0 Å². The molecule has 1 saturated heterocycles. The van der Waals surface area contributed by atoms with E-state index in [1.807, 2.05) is 19.3 Å². The zero-order valence-corrected chi connectivity index (χ0v) is 10.5. The van der Waals surface area contributed by atoms with Gasteiger partial charge < -0.3 is 5.73 Å². The van der Waals surface area contributed by atoms with Crippen molar-refractivity contribution in [2.75, 3.05) is 5.73 Å². The van der Waals surface area contributed by atoms with E-state index in [4.69, 9.17) is 5.73 Å². The number of aromatic nitrogens is 2. The molecular weight excluding hydrogens is 244 g/mol. The average Bonchev–Trinajstić information content (AvgIpc) is 2.73. The van der Waals surface area contributed by atoms with Gasteiger partial charge in [-0.15, -0.1) is 0 Å². The number of nitrogens with one attached hydrogen (secondary N) is 1. The summed E-state index contributed by atoms with van der Waals surface area (Å²) >= 11 is 0. The van der Waals surface area contributed by atoms with Crippen molar-refractivity contribution in [3.05, 3.63) is 23.9 Å². The second kappa shape index (κ2) is 4.08. The van der Waals surface area contributed by atoms with E-state index in [-0.39, 0.29) is 17.7 Å². The number of nitrogen functional groups attached to an aromatic ring is 1. The Balaban J connectivity index is 2.12. The molecule has 1 atom stereocenters. The molecule has 0 radical (unpaired) electrons. The van der Waals surface area contributed by atoms with Crippen molar-refractivity contribution in [1.29, 1.82) is 0 Å². The van der Waals surface area contributed by atoms with Crippen molar-refractivity contribution in [1.82, 2.24) is 15.1 Å². The smallest absolute Gasteiger partial charge is 0.234 e. The zero-order valence-electron chi connectivity index (χ0n) is 10.5. The molecular formula is C13H14N4O2. The van der Waals surface area contributed by atoms with Crippen molar-refractivity contribution in [2.45, 2.75) is 18.8 Å². The van der Waals surface area contributed by atoms with Crippen LogP contribution in [-0.4, -0.2) is 21.6 Å². The summed E-state index contributed by atoms with van der Waals surface area (Å²) in [5, 5.41) is 7.58. The Bertz CT molecular complexity index is 689. The average molecular weight is 258 g/mol. The highest BCUT2D eigenvalue weighted by Gasteiger charge is 2.30. The number of hydrogen-bond acceptors (Lipinski definition) is 4. The highest BCUT2D eigenvalue weighted by atomic mass is 16.2. The number of benzene rings is 1. The topological polar surface area (TPSA) is 90.0 Å². The van der Waals surface area contributed by atoms with Crippen molar-refractivity contribution in [3.8, 4) is 0 Å². The Morgan fingerprint density at radius 1 is 1.42 bits per heavy atom. The molecule has 3 rings (SSSR count). The number of imide groups is 1. The summed E-state index contributed by atoms with van der Waals surface area (Å²) in [7, 11) is 1.81. The molecule has 1 fully saturated rings. The zero-order chi connectivity index (χ0) is 13.6. The minimum Gasteiger partial charge on any atom is -0.398 e. The number of rotatable bonds is 1. The number of carbonyl (C=O) groups excluding carboxylic acids is 2. The Hall–Kier alpha value is -2.37. The van der Waals surface area contributed by atoms with E-state index in [1.165, 1.54) is 0 Å². The standard InChI is InChI=1S/C13H14N4O2/c1-17-6-9-10(14)4-2-7(12(9)16-17)8-3-5-11(18)15-13(8)19/h2,4,6,8H,3,5,14H2,1H3,(H,15,18,19). The lowest BCUT2D eigenvalue weighted by molar-refractivity contribution is -0.134. The third-order valence-electron chi connectivity index (χ3n) is 3.47. The van der Waals surface area contributed by atoms with Crippen molar-refractivity contribution in [2.24, 2.45) is 7.05 Å². The maximum Gasteiger partial charge on any atom is 0.234 e. The van der Waals surface area contributed by atoms with Crippen LogP contribution in [0.2, 0.25) is 0 Å². The molecule has 1 aromatic heterocycles. The van der Waals surface area contributed by atoms with Gasteiger partial charge in [-0.2, -0.15) is 5.10 Å². The first-order valence-electron chi connectivity index (χ1n) is 6.11. The highest BCUT2D eigenvalue weighted by Crippen LogP contribution is 2.32. The molecule has 2 amide bonds. The first-order chi connectivity index (χ1) is 9.06. The summed E-state index contributed by atoms with van der Waals surface area (Å²) in [5.74, 6) is -0.808. The molecule has 2 aromatic rings. The van der Waals surface area contributed by atoms with Gasteiger partial charge >= 0.3 is 0 Å². The number of aryl methyl sites for hydroxylation is 1. The number of fused-ring (bicyclic) bond motifs is 1. The Kier molecular flexibility index (Phi) is 2.51. The second-order valence-corrected chi connectivity index (χ2v) is 4.81. The number of piperidine rings is 1. The van der Waals surface area contributed by atoms with Crippen LogP contribution in [0, 0.1) is 0 Å². The number of nitrogens with zero attached hydrogens (tertiary/aromatic N) is 2. The van der Waals surface area contributed by atoms with Crippen LogP contribution in [-0.2, 0) is 16.6 Å². The molecule has 1 aliphatic rings. The van der Waals surface area contributed by atoms with Gasteiger partial charge in [0, 0.05) is 30.7 Å². The summed E-state index contributed by atoms with van der Waals surface area (Å²) < 4.78 is 1.68. The molecule has 0 aliphatic carbocycles. The predicted molar refractivity (Wildman–Crippen MR) is 70.3 cm³/mol. The molecule has 19 heavy (non-hydrogen) atoms. The van der Waals surface area contributed by atoms with Gasteiger partial charge in [0.2, 0.25) is 11.8 Å². The van der Waals surface area contributed by atoms with Gasteiger partial charge in [0.1, 0.15) is 0 Å². The molecule has 0 spiro atoms. The van der Waals surface area contributed by atoms with Crippen LogP contribution >= 0.6 is 0 Å². The minimum atomic E-state index is -0.337. The lowest BCUT2D eigenvalue weighted by Gasteiger charge is -2.21. The molecule has 0 bridgehead atoms. The lowest BCUT2D eigenvalue weighted by atomic mass is 9.89. The monoisotopic (exact) mass is 258 g/mol. The molecule has 1 aliphatic heterocycles. The van der Waals surface area contributed by atoms with Gasteiger partial charge in [-0.25, -0.2) is 0 Å². The van der Waals surface area contributed by atoms with Crippen LogP contribution in [0.5, 0.6) is 0 Å². The summed E-state index contributed by atoms with van der Waals surface area (Å²) in [4.78, 5) is 23.1. The van der Waals surface area contributed by atoms with E-state index >= 15 is 0 Å². The quantitative estimate of drug-likeness (QED) is 0.581. The van der Waals surface area contributed by atoms with E-state index in [1.54, 1.807) is 10.7 Å². The molecule has 6 heteroatoms. The van der Waals surface area contributed by atoms with Gasteiger partial charge in [-0.05, 0) is 18.1 Å². The van der Waals surface area contributed by atoms with E-state index in [0.29, 0.717) is 18.5 Å². The third-order valence-corrected chi connectivity index (χ3v) is 3.47. The fraction of sp³-hybridized carbons (Fsp3) is 0.308. The number of amides is 2. The maximum absolute atomic E-state index is 11.9. The molecule has 6 nitrogen and oxygen atoms in total. The van der Waals surface area contributed by atoms with Gasteiger partial charge in [-0.3, -0.25) is 19.6 Å². The van der Waals surface area contributed by atoms with Gasteiger partial charge in [0.15, 0.2) is 0 Å². The maximum atomic E-state index is 11.9. The van der Waals surface area contributed by atoms with E-state index in [2.05, 4.69) is 10.4 Å². The number of carbonyl (C=O) groups is 2. The number of anilines is 1. The normalized spacial score (nSPS) is 19.7. The van der Waals surface area contributed by atoms with Crippen LogP contribution in [0.3, 0.4) is 0 Å². The summed E-state index contributed by atoms with van der Waals surface area (Å²) in [5.41, 5.74) is 8.12. The number of hydrogen-bond donors (Lipinski definition) is 2. The molecule has 0 saturated carbocycles. The van der Waals surface area contributed by atoms with E-state index < -0.39 is 0 Å². The first kappa shape index (κ1) is 11.7. The van der Waals surface area contributed by atoms with Gasteiger partial charge in [-0.1, -0.05) is 6.07 Å². The van der Waals surface area contributed by atoms with E-state index in [9.17, 15) is 9.59 Å². The number of nitrogens with two attached hydrogens (primary N) is 1. The lowest BCUT2D eigenvalue weighted by Crippen LogP contribution is -2.39. The van der Waals surface area contributed by atoms with Crippen molar-refractivity contribution >= 4 is 28.4 Å². The fourth-order valence-corrected chi connectivity index (χ4v) is 2.53. The third kappa shape index (κ3) is 1.85. The molecule has 98 valence electrons. The SMILES string of the molecule is Cn1cc2c(N)ccc(C3CCC(=O)NC3=O)c2n1. The van der Waals surface area contributed by atoms with Gasteiger partial charge in [0.25, 0.3) is 0 Å². The molecule has 2 heterocycles. The largest absolute Gasteiger partial charge is 0.398 e. The minimum absolute atomic E-state index is 0.214. The molecule has 1 unspecified atom stereocenters. The van der Waals surface area contributed by atoms with Crippen LogP contribution in [0.1, 0.15) is 24.3 Å². The fourth-order valence-electron chi connectivity index (χ4n) is 2.53. The first-order valence-corrected chi connectivity index (χ1v) is 6.11. The highest BCUT2D eigenvalue weighted by molar-refractivity contribution is 6.03. The van der Waals surface area contributed by atoms with Crippen LogP contribution < -0.4 is 11.1 Å². The summed E-state index contributed by atoms with van der Waals surface area (Å²) in [6, 6.07) is 3.60.